The Bertz CT molecular complexity index is 1230. The van der Waals surface area contributed by atoms with Gasteiger partial charge >= 0.3 is 0 Å². The lowest BCUT2D eigenvalue weighted by Gasteiger charge is -2.07. The first-order valence-corrected chi connectivity index (χ1v) is 9.65. The van der Waals surface area contributed by atoms with Gasteiger partial charge in [0.05, 0.1) is 10.6 Å². The number of fused-ring (bicyclic) bond motifs is 1. The zero-order chi connectivity index (χ0) is 19.0. The minimum Gasteiger partial charge on any atom is -0.436 e. The van der Waals surface area contributed by atoms with Crippen molar-refractivity contribution in [2.45, 2.75) is 11.8 Å². The molecule has 7 heteroatoms. The fourth-order valence-corrected chi connectivity index (χ4v) is 3.77. The van der Waals surface area contributed by atoms with Crippen LogP contribution in [0.5, 0.6) is 0 Å². The van der Waals surface area contributed by atoms with Crippen LogP contribution in [-0.2, 0) is 10.0 Å². The highest BCUT2D eigenvalue weighted by Gasteiger charge is 2.16. The van der Waals surface area contributed by atoms with Crippen LogP contribution in [0.15, 0.2) is 76.0 Å². The second-order valence-electron chi connectivity index (χ2n) is 6.13. The van der Waals surface area contributed by atoms with Gasteiger partial charge in [-0.25, -0.2) is 17.8 Å². The Balaban J connectivity index is 1.66. The van der Waals surface area contributed by atoms with E-state index >= 15 is 0 Å². The van der Waals surface area contributed by atoms with Crippen LogP contribution in [0.25, 0.3) is 22.6 Å². The van der Waals surface area contributed by atoms with E-state index in [-0.39, 0.29) is 4.90 Å². The Labute approximate surface area is 155 Å². The van der Waals surface area contributed by atoms with Crippen molar-refractivity contribution in [1.82, 2.24) is 4.98 Å². The average Bonchev–Trinajstić information content (AvgIpc) is 3.05. The first kappa shape index (κ1) is 17.2. The third-order valence-corrected chi connectivity index (χ3v) is 5.43. The Hall–Kier alpha value is -3.19. The van der Waals surface area contributed by atoms with Crippen molar-refractivity contribution >= 4 is 26.8 Å². The first-order valence-electron chi connectivity index (χ1n) is 8.17. The fourth-order valence-electron chi connectivity index (χ4n) is 2.72. The number of nitrogens with one attached hydrogen (secondary N) is 1. The molecule has 0 fully saturated rings. The van der Waals surface area contributed by atoms with E-state index in [2.05, 4.69) is 9.71 Å². The van der Waals surface area contributed by atoms with Gasteiger partial charge in [0.2, 0.25) is 5.89 Å². The van der Waals surface area contributed by atoms with E-state index in [9.17, 15) is 12.8 Å². The summed E-state index contributed by atoms with van der Waals surface area (Å²) in [6.45, 7) is 1.98. The van der Waals surface area contributed by atoms with E-state index in [1.807, 2.05) is 31.2 Å². The summed E-state index contributed by atoms with van der Waals surface area (Å²) in [6, 6.07) is 17.2. The summed E-state index contributed by atoms with van der Waals surface area (Å²) in [5.74, 6) is -0.0343. The summed E-state index contributed by atoms with van der Waals surface area (Å²) in [5, 5.41) is 0. The number of benzene rings is 3. The molecule has 1 heterocycles. The maximum Gasteiger partial charge on any atom is 0.261 e. The molecule has 1 aromatic heterocycles. The van der Waals surface area contributed by atoms with Gasteiger partial charge in [0.25, 0.3) is 10.0 Å². The molecule has 0 spiro atoms. The van der Waals surface area contributed by atoms with E-state index in [1.165, 1.54) is 12.1 Å². The largest absolute Gasteiger partial charge is 0.436 e. The molecule has 0 atom stereocenters. The topological polar surface area (TPSA) is 72.2 Å². The highest BCUT2D eigenvalue weighted by atomic mass is 32.2. The predicted molar refractivity (Wildman–Crippen MR) is 101 cm³/mol. The van der Waals surface area contributed by atoms with Gasteiger partial charge in [0.15, 0.2) is 5.58 Å². The quantitative estimate of drug-likeness (QED) is 0.553. The van der Waals surface area contributed by atoms with Gasteiger partial charge in [-0.15, -0.1) is 0 Å². The molecule has 0 bridgehead atoms. The number of aryl methyl sites for hydroxylation is 1. The maximum atomic E-state index is 13.0. The Morgan fingerprint density at radius 3 is 2.52 bits per heavy atom. The van der Waals surface area contributed by atoms with Crippen molar-refractivity contribution < 1.29 is 17.2 Å². The lowest BCUT2D eigenvalue weighted by atomic mass is 10.1. The van der Waals surface area contributed by atoms with Crippen LogP contribution in [0.2, 0.25) is 0 Å². The highest BCUT2D eigenvalue weighted by molar-refractivity contribution is 7.92. The number of rotatable bonds is 4. The van der Waals surface area contributed by atoms with Crippen molar-refractivity contribution in [3.05, 3.63) is 78.1 Å². The number of hydrogen-bond donors (Lipinski definition) is 1. The summed E-state index contributed by atoms with van der Waals surface area (Å²) in [5.41, 5.74) is 3.35. The molecule has 5 nitrogen and oxygen atoms in total. The molecule has 0 aliphatic carbocycles. The number of oxazole rings is 1. The molecule has 0 amide bonds. The minimum atomic E-state index is -3.83. The smallest absolute Gasteiger partial charge is 0.261 e. The molecule has 0 saturated carbocycles. The number of anilines is 1. The maximum absolute atomic E-state index is 13.0. The molecular weight excluding hydrogens is 367 g/mol. The molecule has 3 aromatic carbocycles. The third kappa shape index (κ3) is 3.54. The molecule has 0 aliphatic rings. The number of halogens is 1. The van der Waals surface area contributed by atoms with Crippen molar-refractivity contribution in [3.63, 3.8) is 0 Å². The van der Waals surface area contributed by atoms with Gasteiger partial charge in [-0.1, -0.05) is 17.7 Å². The van der Waals surface area contributed by atoms with Gasteiger partial charge in [-0.3, -0.25) is 4.72 Å². The van der Waals surface area contributed by atoms with Gasteiger partial charge in [0.1, 0.15) is 11.3 Å². The van der Waals surface area contributed by atoms with Crippen LogP contribution < -0.4 is 4.72 Å². The standard InChI is InChI=1S/C20H15FN2O3S/c1-13-3-2-4-14(11-13)20-22-18-10-7-16(12-19(18)26-20)23-27(24,25)17-8-5-15(21)6-9-17/h2-12,23H,1H3. The normalized spacial score (nSPS) is 11.6. The van der Waals surface area contributed by atoms with Crippen molar-refractivity contribution in [2.24, 2.45) is 0 Å². The molecule has 4 aromatic rings. The summed E-state index contributed by atoms with van der Waals surface area (Å²) in [6.07, 6.45) is 0. The number of hydrogen-bond acceptors (Lipinski definition) is 4. The van der Waals surface area contributed by atoms with Gasteiger partial charge < -0.3 is 4.42 Å². The van der Waals surface area contributed by atoms with E-state index in [1.54, 1.807) is 18.2 Å². The molecule has 27 heavy (non-hydrogen) atoms. The van der Waals surface area contributed by atoms with Crippen molar-refractivity contribution in [3.8, 4) is 11.5 Å². The summed E-state index contributed by atoms with van der Waals surface area (Å²) in [4.78, 5) is 4.42. The molecule has 136 valence electrons. The molecule has 0 saturated heterocycles. The number of aromatic nitrogens is 1. The zero-order valence-electron chi connectivity index (χ0n) is 14.3. The highest BCUT2D eigenvalue weighted by Crippen LogP contribution is 2.27. The van der Waals surface area contributed by atoms with Gasteiger partial charge in [0, 0.05) is 11.6 Å². The summed E-state index contributed by atoms with van der Waals surface area (Å²) in [7, 11) is -3.83. The van der Waals surface area contributed by atoms with Gasteiger partial charge in [-0.2, -0.15) is 0 Å². The Morgan fingerprint density at radius 2 is 1.78 bits per heavy atom. The van der Waals surface area contributed by atoms with Crippen LogP contribution in [-0.4, -0.2) is 13.4 Å². The third-order valence-electron chi connectivity index (χ3n) is 4.03. The van der Waals surface area contributed by atoms with Crippen molar-refractivity contribution in [2.75, 3.05) is 4.72 Å². The van der Waals surface area contributed by atoms with E-state index in [0.717, 1.165) is 23.3 Å². The lowest BCUT2D eigenvalue weighted by molar-refractivity contribution is 0.599. The Kier molecular flexibility index (Phi) is 4.16. The second-order valence-corrected chi connectivity index (χ2v) is 7.81. The average molecular weight is 382 g/mol. The number of sulfonamides is 1. The monoisotopic (exact) mass is 382 g/mol. The van der Waals surface area contributed by atoms with Crippen molar-refractivity contribution in [1.29, 1.82) is 0 Å². The summed E-state index contributed by atoms with van der Waals surface area (Å²) >= 11 is 0. The molecule has 1 N–H and O–H groups in total. The molecule has 0 radical (unpaired) electrons. The summed E-state index contributed by atoms with van der Waals surface area (Å²) < 4.78 is 46.1. The first-order chi connectivity index (χ1) is 12.9. The SMILES string of the molecule is Cc1cccc(-c2nc3ccc(NS(=O)(=O)c4ccc(F)cc4)cc3o2)c1. The fraction of sp³-hybridized carbons (Fsp3) is 0.0500. The zero-order valence-corrected chi connectivity index (χ0v) is 15.1. The molecular formula is C20H15FN2O3S. The van der Waals surface area contributed by atoms with Crippen LogP contribution >= 0.6 is 0 Å². The molecule has 4 rings (SSSR count). The van der Waals surface area contributed by atoms with E-state index in [4.69, 9.17) is 4.42 Å². The van der Waals surface area contributed by atoms with Gasteiger partial charge in [-0.05, 0) is 55.5 Å². The Morgan fingerprint density at radius 1 is 1.00 bits per heavy atom. The molecule has 0 aliphatic heterocycles. The van der Waals surface area contributed by atoms with Crippen LogP contribution in [0.1, 0.15) is 5.56 Å². The lowest BCUT2D eigenvalue weighted by Crippen LogP contribution is -2.12. The number of nitrogens with zero attached hydrogens (tertiary/aromatic N) is 1. The predicted octanol–water partition coefficient (Wildman–Crippen LogP) is 4.74. The van der Waals surface area contributed by atoms with Crippen LogP contribution in [0.3, 0.4) is 0 Å². The molecule has 0 unspecified atom stereocenters. The van der Waals surface area contributed by atoms with Crippen LogP contribution in [0.4, 0.5) is 10.1 Å². The second kappa shape index (κ2) is 6.51. The van der Waals surface area contributed by atoms with E-state index in [0.29, 0.717) is 22.7 Å². The van der Waals surface area contributed by atoms with Crippen LogP contribution in [0, 0.1) is 12.7 Å². The van der Waals surface area contributed by atoms with E-state index < -0.39 is 15.8 Å². The minimum absolute atomic E-state index is 0.0259.